The van der Waals surface area contributed by atoms with Gasteiger partial charge in [-0.05, 0) is 22.9 Å². The smallest absolute Gasteiger partial charge is 0.211 e. The molecule has 1 heterocycles. The van der Waals surface area contributed by atoms with Crippen LogP contribution in [0.4, 0.5) is 0 Å². The number of hydrogen-bond acceptors (Lipinski definition) is 3. The molecule has 84 valence electrons. The van der Waals surface area contributed by atoms with Crippen molar-refractivity contribution in [2.75, 3.05) is 5.75 Å². The first-order chi connectivity index (χ1) is 6.96. The largest absolute Gasteiger partial charge is 0.263 e. The van der Waals surface area contributed by atoms with E-state index in [0.717, 1.165) is 0 Å². The maximum atomic E-state index is 11.2. The van der Waals surface area contributed by atoms with Gasteiger partial charge in [0.25, 0.3) is 0 Å². The summed E-state index contributed by atoms with van der Waals surface area (Å²) in [5.41, 5.74) is 0.642. The fourth-order valence-corrected chi connectivity index (χ4v) is 1.99. The number of sulfonamides is 1. The zero-order valence-electron chi connectivity index (χ0n) is 8.00. The van der Waals surface area contributed by atoms with Gasteiger partial charge in [-0.1, -0.05) is 11.6 Å². The molecule has 1 rings (SSSR count). The van der Waals surface area contributed by atoms with Gasteiger partial charge in [0, 0.05) is 24.5 Å². The highest BCUT2D eigenvalue weighted by atomic mass is 79.9. The van der Waals surface area contributed by atoms with Crippen LogP contribution in [0, 0.1) is 0 Å². The second-order valence-corrected chi connectivity index (χ2v) is 6.15. The van der Waals surface area contributed by atoms with Crippen LogP contribution in [-0.2, 0) is 16.6 Å². The van der Waals surface area contributed by atoms with E-state index in [1.165, 1.54) is 6.20 Å². The summed E-state index contributed by atoms with van der Waals surface area (Å²) in [5.74, 6) is 0.0477. The number of halogens is 2. The average Bonchev–Trinajstić information content (AvgIpc) is 2.20. The molecule has 0 aromatic carbocycles. The Morgan fingerprint density at radius 1 is 1.53 bits per heavy atom. The van der Waals surface area contributed by atoms with Crippen molar-refractivity contribution in [1.82, 2.24) is 9.71 Å². The number of rotatable bonds is 4. The molecular weight excluding hydrogens is 304 g/mol. The van der Waals surface area contributed by atoms with Crippen LogP contribution in [0.1, 0.15) is 12.5 Å². The summed E-state index contributed by atoms with van der Waals surface area (Å²) < 4.78 is 25.4. The van der Waals surface area contributed by atoms with Gasteiger partial charge in [-0.15, -0.1) is 0 Å². The summed E-state index contributed by atoms with van der Waals surface area (Å²) >= 11 is 9.16. The molecule has 0 bridgehead atoms. The number of aromatic nitrogens is 1. The van der Waals surface area contributed by atoms with Crippen LogP contribution in [0.2, 0.25) is 5.02 Å². The molecule has 0 unspecified atom stereocenters. The number of nitrogens with zero attached hydrogens (tertiary/aromatic N) is 1. The van der Waals surface area contributed by atoms with E-state index in [2.05, 4.69) is 25.6 Å². The minimum absolute atomic E-state index is 0.0477. The standard InChI is InChI=1S/C8H10BrClN2O2S/c1-2-15(13,14)12-4-6-3-11-5-7(9)8(6)10/h3,5,12H,2,4H2,1H3. The van der Waals surface area contributed by atoms with E-state index < -0.39 is 10.0 Å². The third-order valence-electron chi connectivity index (χ3n) is 1.77. The number of hydrogen-bond donors (Lipinski definition) is 1. The monoisotopic (exact) mass is 312 g/mol. The van der Waals surface area contributed by atoms with Crippen molar-refractivity contribution in [2.45, 2.75) is 13.5 Å². The van der Waals surface area contributed by atoms with Gasteiger partial charge < -0.3 is 0 Å². The zero-order chi connectivity index (χ0) is 11.5. The van der Waals surface area contributed by atoms with Gasteiger partial charge in [0.2, 0.25) is 10.0 Å². The molecule has 0 saturated heterocycles. The molecule has 0 aliphatic heterocycles. The molecule has 15 heavy (non-hydrogen) atoms. The Hall–Kier alpha value is -0.170. The minimum Gasteiger partial charge on any atom is -0.263 e. The van der Waals surface area contributed by atoms with E-state index >= 15 is 0 Å². The summed E-state index contributed by atoms with van der Waals surface area (Å²) in [5, 5.41) is 0.476. The van der Waals surface area contributed by atoms with E-state index in [0.29, 0.717) is 15.1 Å². The normalized spacial score (nSPS) is 11.7. The zero-order valence-corrected chi connectivity index (χ0v) is 11.2. The Morgan fingerprint density at radius 2 is 2.20 bits per heavy atom. The molecule has 4 nitrogen and oxygen atoms in total. The summed E-state index contributed by atoms with van der Waals surface area (Å²) in [6, 6.07) is 0. The Kier molecular flexibility index (Phi) is 4.51. The summed E-state index contributed by atoms with van der Waals surface area (Å²) in [4.78, 5) is 3.91. The van der Waals surface area contributed by atoms with Crippen LogP contribution in [0.25, 0.3) is 0 Å². The van der Waals surface area contributed by atoms with Crippen LogP contribution < -0.4 is 4.72 Å². The van der Waals surface area contributed by atoms with Crippen molar-refractivity contribution >= 4 is 37.6 Å². The lowest BCUT2D eigenvalue weighted by Crippen LogP contribution is -2.24. The number of nitrogens with one attached hydrogen (secondary N) is 1. The average molecular weight is 314 g/mol. The summed E-state index contributed by atoms with van der Waals surface area (Å²) in [6.07, 6.45) is 3.09. The second kappa shape index (κ2) is 5.25. The maximum absolute atomic E-state index is 11.2. The van der Waals surface area contributed by atoms with Crippen LogP contribution in [0.15, 0.2) is 16.9 Å². The van der Waals surface area contributed by atoms with Crippen LogP contribution in [0.5, 0.6) is 0 Å². The third kappa shape index (κ3) is 3.71. The van der Waals surface area contributed by atoms with E-state index in [9.17, 15) is 8.42 Å². The highest BCUT2D eigenvalue weighted by Crippen LogP contribution is 2.24. The highest BCUT2D eigenvalue weighted by Gasteiger charge is 2.09. The van der Waals surface area contributed by atoms with Gasteiger partial charge in [0.1, 0.15) is 0 Å². The molecule has 0 amide bonds. The molecule has 7 heteroatoms. The van der Waals surface area contributed by atoms with Crippen molar-refractivity contribution < 1.29 is 8.42 Å². The first-order valence-corrected chi connectivity index (χ1v) is 7.04. The molecule has 0 fully saturated rings. The second-order valence-electron chi connectivity index (χ2n) is 2.82. The van der Waals surface area contributed by atoms with Gasteiger partial charge in [0.05, 0.1) is 15.2 Å². The third-order valence-corrected chi connectivity index (χ3v) is 4.39. The van der Waals surface area contributed by atoms with Gasteiger partial charge in [-0.2, -0.15) is 0 Å². The first kappa shape index (κ1) is 12.9. The van der Waals surface area contributed by atoms with Crippen LogP contribution in [0.3, 0.4) is 0 Å². The molecule has 0 atom stereocenters. The molecule has 0 radical (unpaired) electrons. The lowest BCUT2D eigenvalue weighted by molar-refractivity contribution is 0.582. The molecule has 0 spiro atoms. The number of pyridine rings is 1. The Balaban J connectivity index is 2.79. The van der Waals surface area contributed by atoms with Crippen molar-refractivity contribution in [1.29, 1.82) is 0 Å². The van der Waals surface area contributed by atoms with Gasteiger partial charge in [0.15, 0.2) is 0 Å². The van der Waals surface area contributed by atoms with E-state index in [-0.39, 0.29) is 12.3 Å². The summed E-state index contributed by atoms with van der Waals surface area (Å²) in [7, 11) is -3.20. The molecular formula is C8H10BrClN2O2S. The van der Waals surface area contributed by atoms with Gasteiger partial charge >= 0.3 is 0 Å². The quantitative estimate of drug-likeness (QED) is 0.924. The van der Waals surface area contributed by atoms with E-state index in [4.69, 9.17) is 11.6 Å². The Labute approximate surface area is 102 Å². The molecule has 1 aromatic rings. The predicted molar refractivity (Wildman–Crippen MR) is 63.2 cm³/mol. The van der Waals surface area contributed by atoms with Crippen molar-refractivity contribution in [3.63, 3.8) is 0 Å². The lowest BCUT2D eigenvalue weighted by atomic mass is 10.3. The Morgan fingerprint density at radius 3 is 2.80 bits per heavy atom. The highest BCUT2D eigenvalue weighted by molar-refractivity contribution is 9.10. The molecule has 0 saturated carbocycles. The fourth-order valence-electron chi connectivity index (χ4n) is 0.872. The fraction of sp³-hybridized carbons (Fsp3) is 0.375. The topological polar surface area (TPSA) is 59.1 Å². The SMILES string of the molecule is CCS(=O)(=O)NCc1cncc(Br)c1Cl. The predicted octanol–water partition coefficient (Wildman–Crippen LogP) is 1.94. The Bertz CT molecular complexity index is 450. The molecule has 1 aromatic heterocycles. The van der Waals surface area contributed by atoms with Gasteiger partial charge in [-0.3, -0.25) is 4.98 Å². The van der Waals surface area contributed by atoms with Crippen LogP contribution in [-0.4, -0.2) is 19.2 Å². The molecule has 1 N–H and O–H groups in total. The van der Waals surface area contributed by atoms with E-state index in [1.54, 1.807) is 13.1 Å². The maximum Gasteiger partial charge on any atom is 0.211 e. The lowest BCUT2D eigenvalue weighted by Gasteiger charge is -2.06. The summed E-state index contributed by atoms with van der Waals surface area (Å²) in [6.45, 7) is 1.73. The molecule has 0 aliphatic carbocycles. The minimum atomic E-state index is -3.20. The van der Waals surface area contributed by atoms with Crippen molar-refractivity contribution in [3.05, 3.63) is 27.5 Å². The molecule has 0 aliphatic rings. The van der Waals surface area contributed by atoms with Crippen LogP contribution >= 0.6 is 27.5 Å². The van der Waals surface area contributed by atoms with Gasteiger partial charge in [-0.25, -0.2) is 13.1 Å². The van der Waals surface area contributed by atoms with E-state index in [1.807, 2.05) is 0 Å². The van der Waals surface area contributed by atoms with Crippen molar-refractivity contribution in [2.24, 2.45) is 0 Å². The van der Waals surface area contributed by atoms with Crippen molar-refractivity contribution in [3.8, 4) is 0 Å². The first-order valence-electron chi connectivity index (χ1n) is 4.21.